The Bertz CT molecular complexity index is 326. The largest absolute Gasteiger partial charge is 0.465 e. The number of aryl methyl sites for hydroxylation is 1. The zero-order valence-corrected chi connectivity index (χ0v) is 9.20. The van der Waals surface area contributed by atoms with Gasteiger partial charge in [-0.2, -0.15) is 0 Å². The number of hydrogen-bond acceptors (Lipinski definition) is 2. The van der Waals surface area contributed by atoms with Crippen molar-refractivity contribution in [2.75, 3.05) is 7.11 Å². The van der Waals surface area contributed by atoms with Crippen molar-refractivity contribution in [1.29, 1.82) is 0 Å². The van der Waals surface area contributed by atoms with Gasteiger partial charge in [-0.25, -0.2) is 4.79 Å². The molecule has 0 fully saturated rings. The molecule has 0 aliphatic rings. The first-order chi connectivity index (χ1) is 6.60. The van der Waals surface area contributed by atoms with Crippen LogP contribution in [0, 0.1) is 0 Å². The second kappa shape index (κ2) is 4.31. The lowest BCUT2D eigenvalue weighted by Crippen LogP contribution is -2.03. The summed E-state index contributed by atoms with van der Waals surface area (Å²) >= 11 is 0. The molecule has 0 saturated heterocycles. The van der Waals surface area contributed by atoms with E-state index in [9.17, 15) is 4.79 Å². The molecule has 0 N–H and O–H groups in total. The van der Waals surface area contributed by atoms with E-state index in [1.807, 2.05) is 23.9 Å². The van der Waals surface area contributed by atoms with Crippen molar-refractivity contribution < 1.29 is 9.53 Å². The van der Waals surface area contributed by atoms with E-state index >= 15 is 0 Å². The third-order valence-corrected chi connectivity index (χ3v) is 2.30. The fourth-order valence-electron chi connectivity index (χ4n) is 1.45. The predicted octanol–water partition coefficient (Wildman–Crippen LogP) is 2.42. The Morgan fingerprint density at radius 2 is 2.14 bits per heavy atom. The van der Waals surface area contributed by atoms with Gasteiger partial charge < -0.3 is 9.30 Å². The lowest BCUT2D eigenvalue weighted by atomic mass is 10.0. The molecule has 78 valence electrons. The number of nitrogens with zero attached hydrogens (tertiary/aromatic N) is 1. The quantitative estimate of drug-likeness (QED) is 0.693. The number of aromatic nitrogens is 1. The highest BCUT2D eigenvalue weighted by Crippen LogP contribution is 2.21. The Balaban J connectivity index is 3.12. The van der Waals surface area contributed by atoms with Gasteiger partial charge in [-0.1, -0.05) is 13.8 Å². The number of ether oxygens (including phenoxy) is 1. The van der Waals surface area contributed by atoms with E-state index in [-0.39, 0.29) is 5.97 Å². The molecular formula is C11H17NO2. The minimum Gasteiger partial charge on any atom is -0.465 e. The Hall–Kier alpha value is -1.25. The minimum atomic E-state index is -0.249. The Morgan fingerprint density at radius 1 is 1.50 bits per heavy atom. The van der Waals surface area contributed by atoms with Crippen LogP contribution in [0.4, 0.5) is 0 Å². The van der Waals surface area contributed by atoms with Gasteiger partial charge in [0.2, 0.25) is 0 Å². The summed E-state index contributed by atoms with van der Waals surface area (Å²) in [4.78, 5) is 11.4. The molecule has 0 saturated carbocycles. The molecule has 3 nitrogen and oxygen atoms in total. The standard InChI is InChI=1S/C11H17NO2/c1-5-12-6-9(8(2)3)10(7-12)11(13)14-4/h6-8H,5H2,1-4H3. The van der Waals surface area contributed by atoms with E-state index in [0.717, 1.165) is 12.1 Å². The van der Waals surface area contributed by atoms with Gasteiger partial charge >= 0.3 is 5.97 Å². The highest BCUT2D eigenvalue weighted by atomic mass is 16.5. The molecule has 0 bridgehead atoms. The Kier molecular flexibility index (Phi) is 3.33. The summed E-state index contributed by atoms with van der Waals surface area (Å²) in [5, 5.41) is 0. The van der Waals surface area contributed by atoms with Crippen LogP contribution >= 0.6 is 0 Å². The van der Waals surface area contributed by atoms with Crippen molar-refractivity contribution in [1.82, 2.24) is 4.57 Å². The normalized spacial score (nSPS) is 10.6. The molecule has 1 aromatic heterocycles. The molecule has 3 heteroatoms. The maximum Gasteiger partial charge on any atom is 0.339 e. The van der Waals surface area contributed by atoms with Crippen molar-refractivity contribution in [3.8, 4) is 0 Å². The Labute approximate surface area is 84.7 Å². The predicted molar refractivity (Wildman–Crippen MR) is 55.5 cm³/mol. The van der Waals surface area contributed by atoms with E-state index in [1.54, 1.807) is 0 Å². The number of hydrogen-bond donors (Lipinski definition) is 0. The first-order valence-corrected chi connectivity index (χ1v) is 4.88. The van der Waals surface area contributed by atoms with Crippen LogP contribution in [-0.4, -0.2) is 17.6 Å². The van der Waals surface area contributed by atoms with Crippen LogP contribution in [0.25, 0.3) is 0 Å². The summed E-state index contributed by atoms with van der Waals surface area (Å²) in [5.74, 6) is 0.0952. The maximum absolute atomic E-state index is 11.4. The van der Waals surface area contributed by atoms with Gasteiger partial charge in [-0.05, 0) is 18.4 Å². The lowest BCUT2D eigenvalue weighted by Gasteiger charge is -2.04. The molecule has 0 spiro atoms. The number of rotatable bonds is 3. The van der Waals surface area contributed by atoms with E-state index in [2.05, 4.69) is 13.8 Å². The van der Waals surface area contributed by atoms with Gasteiger partial charge in [0, 0.05) is 18.9 Å². The number of esters is 1. The fraction of sp³-hybridized carbons (Fsp3) is 0.545. The second-order valence-corrected chi connectivity index (χ2v) is 3.60. The molecule has 0 aliphatic carbocycles. The molecule has 0 amide bonds. The average Bonchev–Trinajstić information content (AvgIpc) is 2.60. The zero-order valence-electron chi connectivity index (χ0n) is 9.20. The number of methoxy groups -OCH3 is 1. The molecule has 0 unspecified atom stereocenters. The summed E-state index contributed by atoms with van der Waals surface area (Å²) in [6.45, 7) is 7.06. The van der Waals surface area contributed by atoms with E-state index in [1.165, 1.54) is 7.11 Å². The molecule has 0 radical (unpaired) electrons. The summed E-state index contributed by atoms with van der Waals surface area (Å²) in [6.07, 6.45) is 3.86. The van der Waals surface area contributed by atoms with Gasteiger partial charge in [-0.15, -0.1) is 0 Å². The third-order valence-electron chi connectivity index (χ3n) is 2.30. The zero-order chi connectivity index (χ0) is 10.7. The van der Waals surface area contributed by atoms with Crippen LogP contribution < -0.4 is 0 Å². The van der Waals surface area contributed by atoms with Crippen molar-refractivity contribution >= 4 is 5.97 Å². The lowest BCUT2D eigenvalue weighted by molar-refractivity contribution is 0.0599. The topological polar surface area (TPSA) is 31.2 Å². The van der Waals surface area contributed by atoms with Crippen LogP contribution in [0.1, 0.15) is 42.6 Å². The fourth-order valence-corrected chi connectivity index (χ4v) is 1.45. The highest BCUT2D eigenvalue weighted by molar-refractivity contribution is 5.91. The summed E-state index contributed by atoms with van der Waals surface area (Å²) in [5.41, 5.74) is 1.74. The van der Waals surface area contributed by atoms with Crippen molar-refractivity contribution in [3.05, 3.63) is 23.5 Å². The van der Waals surface area contributed by atoms with Gasteiger partial charge in [0.15, 0.2) is 0 Å². The van der Waals surface area contributed by atoms with Gasteiger partial charge in [0.1, 0.15) is 0 Å². The molecular weight excluding hydrogens is 178 g/mol. The molecule has 0 aliphatic heterocycles. The summed E-state index contributed by atoms with van der Waals surface area (Å²) in [7, 11) is 1.41. The highest BCUT2D eigenvalue weighted by Gasteiger charge is 2.16. The van der Waals surface area contributed by atoms with Gasteiger partial charge in [-0.3, -0.25) is 0 Å². The van der Waals surface area contributed by atoms with E-state index < -0.39 is 0 Å². The van der Waals surface area contributed by atoms with Crippen molar-refractivity contribution in [2.45, 2.75) is 33.2 Å². The third kappa shape index (κ3) is 1.97. The van der Waals surface area contributed by atoms with E-state index in [4.69, 9.17) is 4.74 Å². The van der Waals surface area contributed by atoms with Crippen LogP contribution in [0.15, 0.2) is 12.4 Å². The molecule has 0 aromatic carbocycles. The smallest absolute Gasteiger partial charge is 0.339 e. The number of carbonyl (C=O) groups is 1. The first-order valence-electron chi connectivity index (χ1n) is 4.88. The average molecular weight is 195 g/mol. The van der Waals surface area contributed by atoms with Crippen molar-refractivity contribution in [3.63, 3.8) is 0 Å². The minimum absolute atomic E-state index is 0.249. The van der Waals surface area contributed by atoms with Gasteiger partial charge in [0.25, 0.3) is 0 Å². The van der Waals surface area contributed by atoms with Crippen LogP contribution in [0.5, 0.6) is 0 Å². The number of carbonyl (C=O) groups excluding carboxylic acids is 1. The molecule has 14 heavy (non-hydrogen) atoms. The summed E-state index contributed by atoms with van der Waals surface area (Å²) < 4.78 is 6.73. The molecule has 1 rings (SSSR count). The monoisotopic (exact) mass is 195 g/mol. The first kappa shape index (κ1) is 10.8. The molecule has 0 atom stereocenters. The Morgan fingerprint density at radius 3 is 2.57 bits per heavy atom. The van der Waals surface area contributed by atoms with Gasteiger partial charge in [0.05, 0.1) is 12.7 Å². The van der Waals surface area contributed by atoms with Crippen molar-refractivity contribution in [2.24, 2.45) is 0 Å². The van der Waals surface area contributed by atoms with Crippen LogP contribution in [-0.2, 0) is 11.3 Å². The maximum atomic E-state index is 11.4. The van der Waals surface area contributed by atoms with Crippen LogP contribution in [0.3, 0.4) is 0 Å². The van der Waals surface area contributed by atoms with E-state index in [0.29, 0.717) is 11.5 Å². The SMILES string of the molecule is CCn1cc(C(=O)OC)c(C(C)C)c1. The van der Waals surface area contributed by atoms with Crippen LogP contribution in [0.2, 0.25) is 0 Å². The summed E-state index contributed by atoms with van der Waals surface area (Å²) in [6, 6.07) is 0. The molecule has 1 aromatic rings. The second-order valence-electron chi connectivity index (χ2n) is 3.60. The molecule has 1 heterocycles.